The van der Waals surface area contributed by atoms with Crippen LogP contribution >= 0.6 is 0 Å². The van der Waals surface area contributed by atoms with Crippen molar-refractivity contribution < 1.29 is 61.6 Å². The molecule has 0 heterocycles. The Morgan fingerprint density at radius 2 is 1.62 bits per heavy atom. The van der Waals surface area contributed by atoms with Crippen LogP contribution in [0.1, 0.15) is 14.8 Å². The summed E-state index contributed by atoms with van der Waals surface area (Å²) in [6, 6.07) is 8.64. The van der Waals surface area contributed by atoms with Gasteiger partial charge in [-0.1, -0.05) is 0 Å². The predicted octanol–water partition coefficient (Wildman–Crippen LogP) is -6.69. The van der Waals surface area contributed by atoms with Crippen LogP contribution in [0, 0.1) is 0 Å². The van der Waals surface area contributed by atoms with Gasteiger partial charge in [0.2, 0.25) is 0 Å². The molecule has 0 N–H and O–H groups in total. The van der Waals surface area contributed by atoms with Gasteiger partial charge in [0.25, 0.3) is 0 Å². The fraction of sp³-hybridized carbons (Fsp3) is 0.111. The summed E-state index contributed by atoms with van der Waals surface area (Å²) in [6.45, 7) is 0. The summed E-state index contributed by atoms with van der Waals surface area (Å²) in [7, 11) is 0. The zero-order chi connectivity index (χ0) is 6.97. The van der Waals surface area contributed by atoms with Crippen molar-refractivity contribution in [3.8, 4) is 0 Å². The van der Waals surface area contributed by atoms with Gasteiger partial charge >= 0.3 is 75.6 Å². The van der Waals surface area contributed by atoms with Crippen LogP contribution in [0.3, 0.4) is 0 Å². The van der Waals surface area contributed by atoms with E-state index in [1.54, 1.807) is 0 Å². The van der Waals surface area contributed by atoms with Crippen molar-refractivity contribution in [2.75, 3.05) is 0 Å². The van der Waals surface area contributed by atoms with Crippen LogP contribution in [-0.4, -0.2) is 0 Å². The molecule has 0 bridgehead atoms. The molecule has 0 aromatic heterocycles. The second-order valence-electron chi connectivity index (χ2n) is 2.47. The maximum atomic E-state index is 2.30. The molecule has 1 atom stereocenters. The number of rotatable bonds is 0. The number of hydrogen-bond acceptors (Lipinski definition) is 0. The molecule has 0 nitrogen and oxygen atoms in total. The van der Waals surface area contributed by atoms with Crippen LogP contribution in [0.4, 0.5) is 0 Å². The van der Waals surface area contributed by atoms with Gasteiger partial charge in [0.05, 0.1) is 0 Å². The summed E-state index contributed by atoms with van der Waals surface area (Å²) in [5.41, 5.74) is 2.94. The molecule has 0 aliphatic heterocycles. The summed E-state index contributed by atoms with van der Waals surface area (Å²) in [6.07, 6.45) is 4.53. The Morgan fingerprint density at radius 3 is 2.23 bits per heavy atom. The standard InChI is InChI=1S/C9H7.3ClH.Hf/c1-2-5-9-7-3-6-8(9)4-1;;;;/h1-7H;3*1H;/q;;;;+3/p-3. The van der Waals surface area contributed by atoms with E-state index in [2.05, 4.69) is 36.4 Å². The van der Waals surface area contributed by atoms with Crippen LogP contribution < -0.4 is 37.2 Å². The Hall–Kier alpha value is 0.700. The Morgan fingerprint density at radius 1 is 1.00 bits per heavy atom. The molecular formula is C9H7Cl3Hf. The maximum absolute atomic E-state index is 2.30. The molecule has 1 aliphatic carbocycles. The second kappa shape index (κ2) is 7.05. The first-order chi connectivity index (χ1) is 4.88. The third kappa shape index (κ3) is 3.39. The summed E-state index contributed by atoms with van der Waals surface area (Å²) >= 11 is 1.24. The number of halogens is 3. The van der Waals surface area contributed by atoms with Crippen molar-refractivity contribution in [3.05, 3.63) is 41.5 Å². The van der Waals surface area contributed by atoms with E-state index < -0.39 is 0 Å². The van der Waals surface area contributed by atoms with E-state index in [1.165, 1.54) is 35.5 Å². The van der Waals surface area contributed by atoms with E-state index in [0.717, 1.165) is 3.67 Å². The van der Waals surface area contributed by atoms with Crippen molar-refractivity contribution >= 4 is 6.08 Å². The quantitative estimate of drug-likeness (QED) is 0.381. The summed E-state index contributed by atoms with van der Waals surface area (Å²) in [5, 5.41) is 0. The topological polar surface area (TPSA) is 0 Å². The molecule has 2 rings (SSSR count). The monoisotopic (exact) mass is 400 g/mol. The Balaban J connectivity index is 0. The number of fused-ring (bicyclic) bond motifs is 1. The molecule has 0 saturated carbocycles. The number of hydrogen-bond donors (Lipinski definition) is 0. The molecule has 0 amide bonds. The first kappa shape index (κ1) is 16.1. The molecule has 1 unspecified atom stereocenters. The first-order valence-electron chi connectivity index (χ1n) is 3.36. The molecule has 0 saturated heterocycles. The van der Waals surface area contributed by atoms with Crippen LogP contribution in [0.2, 0.25) is 0 Å². The van der Waals surface area contributed by atoms with Crippen LogP contribution in [0.5, 0.6) is 0 Å². The third-order valence-corrected chi connectivity index (χ3v) is 3.61. The van der Waals surface area contributed by atoms with Crippen LogP contribution in [0.25, 0.3) is 6.08 Å². The predicted molar refractivity (Wildman–Crippen MR) is 38.2 cm³/mol. The van der Waals surface area contributed by atoms with Gasteiger partial charge in [-0.05, 0) is 0 Å². The SMILES string of the molecule is [Cl-].[Cl-].[Cl-].[Hf+3][CH]1C=Cc2ccccc21. The van der Waals surface area contributed by atoms with Crippen molar-refractivity contribution in [2.24, 2.45) is 0 Å². The van der Waals surface area contributed by atoms with E-state index >= 15 is 0 Å². The van der Waals surface area contributed by atoms with E-state index in [0.29, 0.717) is 0 Å². The van der Waals surface area contributed by atoms with Gasteiger partial charge in [-0.25, -0.2) is 0 Å². The molecule has 13 heavy (non-hydrogen) atoms. The van der Waals surface area contributed by atoms with Gasteiger partial charge in [-0.15, -0.1) is 0 Å². The van der Waals surface area contributed by atoms with Gasteiger partial charge in [0.15, 0.2) is 0 Å². The minimum absolute atomic E-state index is 0. The van der Waals surface area contributed by atoms with E-state index in [9.17, 15) is 0 Å². The summed E-state index contributed by atoms with van der Waals surface area (Å²) in [4.78, 5) is 0. The van der Waals surface area contributed by atoms with Crippen molar-refractivity contribution in [3.63, 3.8) is 0 Å². The van der Waals surface area contributed by atoms with E-state index in [4.69, 9.17) is 0 Å². The second-order valence-corrected chi connectivity index (χ2v) is 4.70. The van der Waals surface area contributed by atoms with Gasteiger partial charge in [-0.2, -0.15) is 0 Å². The Bertz CT molecular complexity index is 286. The zero-order valence-corrected chi connectivity index (χ0v) is 12.5. The van der Waals surface area contributed by atoms with E-state index in [1.807, 2.05) is 0 Å². The Labute approximate surface area is 112 Å². The Kier molecular flexibility index (Phi) is 8.76. The number of benzene rings is 1. The fourth-order valence-corrected chi connectivity index (χ4v) is 2.54. The molecular weight excluding hydrogens is 393 g/mol. The fourth-order valence-electron chi connectivity index (χ4n) is 1.25. The zero-order valence-electron chi connectivity index (χ0n) is 6.68. The third-order valence-electron chi connectivity index (χ3n) is 1.80. The normalized spacial score (nSPS) is 16.3. The summed E-state index contributed by atoms with van der Waals surface area (Å²) < 4.78 is 0.760. The van der Waals surface area contributed by atoms with Gasteiger partial charge in [-0.3, -0.25) is 0 Å². The molecule has 0 spiro atoms. The minimum atomic E-state index is 0. The summed E-state index contributed by atoms with van der Waals surface area (Å²) in [5.74, 6) is 0. The average molecular weight is 400 g/mol. The van der Waals surface area contributed by atoms with Crippen LogP contribution in [0.15, 0.2) is 30.3 Å². The van der Waals surface area contributed by atoms with Crippen molar-refractivity contribution in [1.29, 1.82) is 0 Å². The molecule has 68 valence electrons. The molecule has 1 aliphatic rings. The molecule has 0 radical (unpaired) electrons. The first-order valence-corrected chi connectivity index (χ1v) is 5.43. The van der Waals surface area contributed by atoms with Gasteiger partial charge in [0, 0.05) is 0 Å². The molecule has 4 heteroatoms. The van der Waals surface area contributed by atoms with Crippen molar-refractivity contribution in [1.82, 2.24) is 0 Å². The molecule has 1 aromatic carbocycles. The van der Waals surface area contributed by atoms with Gasteiger partial charge < -0.3 is 37.2 Å². The number of allylic oxidation sites excluding steroid dienone is 1. The van der Waals surface area contributed by atoms with Crippen LogP contribution in [-0.2, 0) is 24.4 Å². The molecule has 0 fully saturated rings. The van der Waals surface area contributed by atoms with Crippen molar-refractivity contribution in [2.45, 2.75) is 3.67 Å². The molecule has 1 aromatic rings. The van der Waals surface area contributed by atoms with Gasteiger partial charge in [0.1, 0.15) is 0 Å². The van der Waals surface area contributed by atoms with E-state index in [-0.39, 0.29) is 37.2 Å². The average Bonchev–Trinajstić information content (AvgIpc) is 2.34.